The van der Waals surface area contributed by atoms with Gasteiger partial charge in [-0.15, -0.1) is 10.1 Å². The number of amides is 1. The lowest BCUT2D eigenvalue weighted by molar-refractivity contribution is -0.757. The van der Waals surface area contributed by atoms with Crippen LogP contribution in [0.3, 0.4) is 0 Å². The smallest absolute Gasteiger partial charge is 0.294 e. The Morgan fingerprint density at radius 1 is 0.854 bits per heavy atom. The molecule has 0 saturated carbocycles. The van der Waals surface area contributed by atoms with Crippen molar-refractivity contribution in [3.8, 4) is 0 Å². The number of carbonyl (C=O) groups is 1. The number of anilines is 1. The molecule has 0 unspecified atom stereocenters. The Hall–Kier alpha value is -2.46. The number of rotatable bonds is 23. The fourth-order valence-corrected chi connectivity index (χ4v) is 5.38. The number of unbranched alkanes of at least 4 members (excludes halogenated alkanes) is 15. The van der Waals surface area contributed by atoms with Gasteiger partial charge in [-0.1, -0.05) is 89.9 Å². The molecule has 0 aliphatic carbocycles. The van der Waals surface area contributed by atoms with Gasteiger partial charge >= 0.3 is 0 Å². The maximum absolute atomic E-state index is 12.5. The molecule has 0 N–H and O–H groups in total. The molecule has 1 aliphatic heterocycles. The van der Waals surface area contributed by atoms with Crippen LogP contribution in [0.4, 0.5) is 5.82 Å². The van der Waals surface area contributed by atoms with Gasteiger partial charge in [-0.05, 0) is 38.8 Å². The minimum atomic E-state index is -0.718. The molecule has 1 amide bonds. The van der Waals surface area contributed by atoms with Crippen molar-refractivity contribution in [1.29, 1.82) is 0 Å². The van der Waals surface area contributed by atoms with Crippen molar-refractivity contribution in [2.24, 2.45) is 0 Å². The molecule has 234 valence electrons. The Morgan fingerprint density at radius 2 is 1.34 bits per heavy atom. The fourth-order valence-electron chi connectivity index (χ4n) is 5.38. The van der Waals surface area contributed by atoms with Crippen LogP contribution in [0, 0.1) is 15.3 Å². The molecule has 1 aromatic rings. The average Bonchev–Trinajstić information content (AvgIpc) is 2.97. The van der Waals surface area contributed by atoms with Crippen LogP contribution in [-0.2, 0) is 4.84 Å². The third-order valence-corrected chi connectivity index (χ3v) is 8.04. The van der Waals surface area contributed by atoms with E-state index < -0.39 is 11.0 Å². The molecule has 0 radical (unpaired) electrons. The molecule has 10 heteroatoms. The van der Waals surface area contributed by atoms with Crippen molar-refractivity contribution in [2.75, 3.05) is 44.2 Å². The summed E-state index contributed by atoms with van der Waals surface area (Å²) >= 11 is 0. The van der Waals surface area contributed by atoms with Gasteiger partial charge in [-0.3, -0.25) is 9.69 Å². The van der Waals surface area contributed by atoms with Crippen molar-refractivity contribution in [3.63, 3.8) is 0 Å². The molecule has 10 nitrogen and oxygen atoms in total. The van der Waals surface area contributed by atoms with E-state index in [1.165, 1.54) is 64.2 Å². The molecular formula is C31H54N5O5-. The highest BCUT2D eigenvalue weighted by Gasteiger charge is 2.20. The van der Waals surface area contributed by atoms with E-state index in [2.05, 4.69) is 33.5 Å². The first-order chi connectivity index (χ1) is 19.9. The number of aromatic nitrogens is 1. The molecular weight excluding hydrogens is 522 g/mol. The lowest BCUT2D eigenvalue weighted by Crippen LogP contribution is -2.49. The SMILES string of the molecule is CC(C)N1CCN(c2ccc(C(=O)N([O-])CCCCCCCCCCCCCCCCCCO[N+](=O)[O-])cn2)CC1. The number of nitrogens with zero attached hydrogens (tertiary/aromatic N) is 5. The number of hydrogen-bond donors (Lipinski definition) is 0. The van der Waals surface area contributed by atoms with E-state index >= 15 is 0 Å². The summed E-state index contributed by atoms with van der Waals surface area (Å²) in [6.45, 7) is 8.75. The Morgan fingerprint density at radius 3 is 1.78 bits per heavy atom. The zero-order valence-corrected chi connectivity index (χ0v) is 25.6. The van der Waals surface area contributed by atoms with E-state index in [1.54, 1.807) is 12.3 Å². The Balaban J connectivity index is 1.39. The number of hydrogen-bond acceptors (Lipinski definition) is 8. The molecule has 1 aromatic heterocycles. The van der Waals surface area contributed by atoms with E-state index in [9.17, 15) is 20.1 Å². The fraction of sp³-hybridized carbons (Fsp3) is 0.806. The lowest BCUT2D eigenvalue weighted by atomic mass is 10.0. The number of piperazine rings is 1. The van der Waals surface area contributed by atoms with Crippen molar-refractivity contribution in [3.05, 3.63) is 39.2 Å². The van der Waals surface area contributed by atoms with Gasteiger partial charge in [0.1, 0.15) is 5.82 Å². The number of pyridine rings is 1. The summed E-state index contributed by atoms with van der Waals surface area (Å²) in [4.78, 5) is 36.0. The van der Waals surface area contributed by atoms with Crippen LogP contribution in [0.25, 0.3) is 0 Å². The van der Waals surface area contributed by atoms with Gasteiger partial charge in [-0.2, -0.15) is 0 Å². The van der Waals surface area contributed by atoms with Gasteiger partial charge in [0.15, 0.2) is 0 Å². The van der Waals surface area contributed by atoms with Crippen LogP contribution in [0.1, 0.15) is 127 Å². The second-order valence-corrected chi connectivity index (χ2v) is 11.6. The Bertz CT molecular complexity index is 831. The minimum Gasteiger partial charge on any atom is -0.756 e. The molecule has 2 heterocycles. The van der Waals surface area contributed by atoms with Crippen LogP contribution in [0.2, 0.25) is 0 Å². The molecule has 1 saturated heterocycles. The second-order valence-electron chi connectivity index (χ2n) is 11.6. The van der Waals surface area contributed by atoms with Crippen LogP contribution in [0.5, 0.6) is 0 Å². The molecule has 41 heavy (non-hydrogen) atoms. The van der Waals surface area contributed by atoms with E-state index in [0.717, 1.165) is 70.5 Å². The Kier molecular flexibility index (Phi) is 18.0. The summed E-state index contributed by atoms with van der Waals surface area (Å²) in [6, 6.07) is 4.14. The molecule has 1 fully saturated rings. The van der Waals surface area contributed by atoms with Gasteiger partial charge in [0, 0.05) is 45.0 Å². The summed E-state index contributed by atoms with van der Waals surface area (Å²) in [6.07, 6.45) is 19.9. The average molecular weight is 577 g/mol. The molecule has 0 aromatic carbocycles. The summed E-state index contributed by atoms with van der Waals surface area (Å²) < 4.78 is 0. The largest absolute Gasteiger partial charge is 0.756 e. The summed E-state index contributed by atoms with van der Waals surface area (Å²) in [5, 5.41) is 22.3. The van der Waals surface area contributed by atoms with Gasteiger partial charge in [0.05, 0.1) is 12.2 Å². The molecule has 2 rings (SSSR count). The van der Waals surface area contributed by atoms with Gasteiger partial charge in [0.25, 0.3) is 5.09 Å². The molecule has 0 spiro atoms. The number of hydroxylamine groups is 2. The third-order valence-electron chi connectivity index (χ3n) is 8.04. The first-order valence-corrected chi connectivity index (χ1v) is 16.1. The van der Waals surface area contributed by atoms with Crippen molar-refractivity contribution in [1.82, 2.24) is 14.9 Å². The van der Waals surface area contributed by atoms with Crippen molar-refractivity contribution < 1.29 is 14.7 Å². The van der Waals surface area contributed by atoms with E-state index in [0.29, 0.717) is 16.7 Å². The highest BCUT2D eigenvalue weighted by atomic mass is 16.9. The molecule has 0 atom stereocenters. The first kappa shape index (κ1) is 34.7. The van der Waals surface area contributed by atoms with Gasteiger partial charge < -0.3 is 20.0 Å². The normalized spacial score (nSPS) is 14.0. The quantitative estimate of drug-likeness (QED) is 0.0777. The zero-order chi connectivity index (χ0) is 29.7. The van der Waals surface area contributed by atoms with Gasteiger partial charge in [-0.25, -0.2) is 4.98 Å². The highest BCUT2D eigenvalue weighted by molar-refractivity contribution is 5.94. The van der Waals surface area contributed by atoms with Crippen LogP contribution >= 0.6 is 0 Å². The molecule has 0 bridgehead atoms. The van der Waals surface area contributed by atoms with Crippen LogP contribution in [0.15, 0.2) is 18.3 Å². The predicted octanol–water partition coefficient (Wildman–Crippen LogP) is 7.00. The van der Waals surface area contributed by atoms with E-state index in [1.807, 2.05) is 6.07 Å². The minimum absolute atomic E-state index is 0.220. The highest BCUT2D eigenvalue weighted by Crippen LogP contribution is 2.17. The molecule has 1 aliphatic rings. The van der Waals surface area contributed by atoms with Crippen molar-refractivity contribution >= 4 is 11.7 Å². The number of carbonyl (C=O) groups excluding carboxylic acids is 1. The van der Waals surface area contributed by atoms with Crippen LogP contribution in [-0.4, -0.2) is 71.3 Å². The standard InChI is InChI=1S/C31H54N5O5/c1-28(2)33-22-24-34(25-23-33)30-20-19-29(27-32-30)31(37)35(38)21-17-15-13-11-9-7-5-3-4-6-8-10-12-14-16-18-26-41-36(39)40/h19-20,27-28H,3-18,21-26H2,1-2H3/q-1. The maximum Gasteiger partial charge on any atom is 0.294 e. The van der Waals surface area contributed by atoms with Crippen molar-refractivity contribution in [2.45, 2.75) is 123 Å². The third kappa shape index (κ3) is 15.4. The maximum atomic E-state index is 12.5. The van der Waals surface area contributed by atoms with E-state index in [-0.39, 0.29) is 13.2 Å². The predicted molar refractivity (Wildman–Crippen MR) is 164 cm³/mol. The summed E-state index contributed by atoms with van der Waals surface area (Å²) in [5.74, 6) is 0.376. The zero-order valence-electron chi connectivity index (χ0n) is 25.6. The topological polar surface area (TPSA) is 115 Å². The van der Waals surface area contributed by atoms with Crippen LogP contribution < -0.4 is 4.90 Å². The Labute approximate surface area is 247 Å². The summed E-state index contributed by atoms with van der Waals surface area (Å²) in [5.41, 5.74) is 0.363. The monoisotopic (exact) mass is 576 g/mol. The van der Waals surface area contributed by atoms with E-state index in [4.69, 9.17) is 0 Å². The lowest BCUT2D eigenvalue weighted by Gasteiger charge is -2.37. The summed E-state index contributed by atoms with van der Waals surface area (Å²) in [7, 11) is 0. The van der Waals surface area contributed by atoms with Gasteiger partial charge in [0.2, 0.25) is 5.91 Å². The second kappa shape index (κ2) is 21.3. The first-order valence-electron chi connectivity index (χ1n) is 16.1.